The fourth-order valence-electron chi connectivity index (χ4n) is 1.19. The monoisotopic (exact) mass is 200 g/mol. The number of ketones is 1. The van der Waals surface area contributed by atoms with Crippen LogP contribution in [0.5, 0.6) is 0 Å². The minimum atomic E-state index is 0.0861. The molecule has 0 aliphatic heterocycles. The Bertz CT molecular complexity index is 161. The van der Waals surface area contributed by atoms with Crippen LogP contribution in [0.1, 0.15) is 38.5 Å². The highest BCUT2D eigenvalue weighted by atomic mass is 16.1. The molecule has 0 aliphatic rings. The lowest BCUT2D eigenvalue weighted by Gasteiger charge is -2.00. The SMILES string of the molecule is CNC(=O)CCCCCCC(=O)CN. The van der Waals surface area contributed by atoms with Crippen LogP contribution in [0, 0.1) is 0 Å². The van der Waals surface area contributed by atoms with Crippen LogP contribution in [-0.4, -0.2) is 25.3 Å². The van der Waals surface area contributed by atoms with Crippen LogP contribution in [0.25, 0.3) is 0 Å². The van der Waals surface area contributed by atoms with Crippen LogP contribution in [-0.2, 0) is 9.59 Å². The summed E-state index contributed by atoms with van der Waals surface area (Å²) in [5.74, 6) is 0.208. The average Bonchev–Trinajstić information content (AvgIpc) is 2.22. The van der Waals surface area contributed by atoms with E-state index in [0.717, 1.165) is 25.7 Å². The van der Waals surface area contributed by atoms with E-state index < -0.39 is 0 Å². The summed E-state index contributed by atoms with van der Waals surface area (Å²) in [6.45, 7) is 0.151. The molecular formula is C10H20N2O2. The Kier molecular flexibility index (Phi) is 8.13. The van der Waals surface area contributed by atoms with E-state index in [1.165, 1.54) is 0 Å². The second-order valence-electron chi connectivity index (χ2n) is 3.33. The molecule has 0 radical (unpaired) electrons. The van der Waals surface area contributed by atoms with Gasteiger partial charge in [0.15, 0.2) is 0 Å². The second-order valence-corrected chi connectivity index (χ2v) is 3.33. The van der Waals surface area contributed by atoms with Crippen LogP contribution in [0.3, 0.4) is 0 Å². The number of hydrogen-bond acceptors (Lipinski definition) is 3. The van der Waals surface area contributed by atoms with Crippen molar-refractivity contribution in [3.05, 3.63) is 0 Å². The van der Waals surface area contributed by atoms with Crippen molar-refractivity contribution in [2.75, 3.05) is 13.6 Å². The maximum absolute atomic E-state index is 10.8. The van der Waals surface area contributed by atoms with Crippen molar-refractivity contribution in [2.45, 2.75) is 38.5 Å². The normalized spacial score (nSPS) is 9.86. The quantitative estimate of drug-likeness (QED) is 0.564. The maximum atomic E-state index is 10.8. The number of Topliss-reactive ketones (excluding diaryl/α,β-unsaturated/α-hetero) is 1. The lowest BCUT2D eigenvalue weighted by molar-refractivity contribution is -0.121. The molecule has 0 rings (SSSR count). The molecule has 1 amide bonds. The third-order valence-electron chi connectivity index (χ3n) is 2.12. The molecule has 0 aliphatic carbocycles. The van der Waals surface area contributed by atoms with Gasteiger partial charge >= 0.3 is 0 Å². The van der Waals surface area contributed by atoms with Crippen molar-refractivity contribution >= 4 is 11.7 Å². The Morgan fingerprint density at radius 3 is 2.14 bits per heavy atom. The van der Waals surface area contributed by atoms with Gasteiger partial charge in [0.05, 0.1) is 6.54 Å². The van der Waals surface area contributed by atoms with Crippen LogP contribution in [0.4, 0.5) is 0 Å². The second kappa shape index (κ2) is 8.69. The molecular weight excluding hydrogens is 180 g/mol. The molecule has 82 valence electrons. The van der Waals surface area contributed by atoms with E-state index in [2.05, 4.69) is 5.32 Å². The smallest absolute Gasteiger partial charge is 0.219 e. The molecule has 0 heterocycles. The summed E-state index contributed by atoms with van der Waals surface area (Å²) >= 11 is 0. The number of rotatable bonds is 8. The molecule has 14 heavy (non-hydrogen) atoms. The largest absolute Gasteiger partial charge is 0.359 e. The zero-order valence-electron chi connectivity index (χ0n) is 8.84. The first kappa shape index (κ1) is 13.1. The maximum Gasteiger partial charge on any atom is 0.219 e. The lowest BCUT2D eigenvalue weighted by atomic mass is 10.1. The molecule has 0 atom stereocenters. The van der Waals surface area contributed by atoms with Crippen LogP contribution >= 0.6 is 0 Å². The topological polar surface area (TPSA) is 72.2 Å². The first-order valence-corrected chi connectivity index (χ1v) is 5.13. The minimum absolute atomic E-state index is 0.0861. The number of nitrogens with one attached hydrogen (secondary N) is 1. The Balaban J connectivity index is 3.14. The summed E-state index contributed by atoms with van der Waals surface area (Å²) in [6.07, 6.45) is 4.96. The first-order valence-electron chi connectivity index (χ1n) is 5.13. The van der Waals surface area contributed by atoms with Crippen LogP contribution in [0.15, 0.2) is 0 Å². The highest BCUT2D eigenvalue weighted by Crippen LogP contribution is 2.05. The van der Waals surface area contributed by atoms with Crippen LogP contribution < -0.4 is 11.1 Å². The number of nitrogens with two attached hydrogens (primary N) is 1. The van der Waals surface area contributed by atoms with Gasteiger partial charge in [-0.3, -0.25) is 9.59 Å². The van der Waals surface area contributed by atoms with Crippen molar-refractivity contribution in [3.8, 4) is 0 Å². The molecule has 0 saturated heterocycles. The van der Waals surface area contributed by atoms with E-state index in [0.29, 0.717) is 12.8 Å². The van der Waals surface area contributed by atoms with E-state index in [1.54, 1.807) is 7.05 Å². The highest BCUT2D eigenvalue weighted by Gasteiger charge is 1.99. The predicted molar refractivity (Wildman–Crippen MR) is 55.8 cm³/mol. The number of hydrogen-bond donors (Lipinski definition) is 2. The van der Waals surface area contributed by atoms with Gasteiger partial charge in [-0.1, -0.05) is 12.8 Å². The molecule has 0 fully saturated rings. The van der Waals surface area contributed by atoms with Gasteiger partial charge in [-0.2, -0.15) is 0 Å². The average molecular weight is 200 g/mol. The molecule has 0 unspecified atom stereocenters. The van der Waals surface area contributed by atoms with Crippen molar-refractivity contribution in [1.29, 1.82) is 0 Å². The summed E-state index contributed by atoms with van der Waals surface area (Å²) in [4.78, 5) is 21.6. The molecule has 4 nitrogen and oxygen atoms in total. The highest BCUT2D eigenvalue weighted by molar-refractivity contribution is 5.80. The van der Waals surface area contributed by atoms with Crippen LogP contribution in [0.2, 0.25) is 0 Å². The zero-order valence-corrected chi connectivity index (χ0v) is 8.84. The zero-order chi connectivity index (χ0) is 10.8. The third-order valence-corrected chi connectivity index (χ3v) is 2.12. The van der Waals surface area contributed by atoms with Crippen molar-refractivity contribution in [2.24, 2.45) is 5.73 Å². The molecule has 0 aromatic heterocycles. The lowest BCUT2D eigenvalue weighted by Crippen LogP contribution is -2.16. The van der Waals surface area contributed by atoms with Gasteiger partial charge in [0.25, 0.3) is 0 Å². The third kappa shape index (κ3) is 7.73. The van der Waals surface area contributed by atoms with E-state index in [-0.39, 0.29) is 18.2 Å². The molecule has 0 bridgehead atoms. The first-order chi connectivity index (χ1) is 6.70. The Hall–Kier alpha value is -0.900. The van der Waals surface area contributed by atoms with E-state index >= 15 is 0 Å². The molecule has 4 heteroatoms. The summed E-state index contributed by atoms with van der Waals surface area (Å²) in [5, 5.41) is 2.57. The summed E-state index contributed by atoms with van der Waals surface area (Å²) in [7, 11) is 1.64. The van der Waals surface area contributed by atoms with Gasteiger partial charge in [-0.25, -0.2) is 0 Å². The molecule has 0 aromatic rings. The van der Waals surface area contributed by atoms with E-state index in [1.807, 2.05) is 0 Å². The van der Waals surface area contributed by atoms with Gasteiger partial charge in [-0.05, 0) is 12.8 Å². The number of carbonyl (C=O) groups excluding carboxylic acids is 2. The molecule has 0 aromatic carbocycles. The van der Waals surface area contributed by atoms with E-state index in [9.17, 15) is 9.59 Å². The standard InChI is InChI=1S/C10H20N2O2/c1-12-10(14)7-5-3-2-4-6-9(13)8-11/h2-8,11H2,1H3,(H,12,14). The summed E-state index contributed by atoms with van der Waals surface area (Å²) in [6, 6.07) is 0. The van der Waals surface area contributed by atoms with Crippen molar-refractivity contribution < 1.29 is 9.59 Å². The predicted octanol–water partition coefficient (Wildman–Crippen LogP) is 0.601. The van der Waals surface area contributed by atoms with Crippen molar-refractivity contribution in [1.82, 2.24) is 5.32 Å². The molecule has 3 N–H and O–H groups in total. The van der Waals surface area contributed by atoms with Gasteiger partial charge in [0.1, 0.15) is 5.78 Å². The van der Waals surface area contributed by atoms with Gasteiger partial charge in [0, 0.05) is 19.9 Å². The Labute approximate surface area is 85.2 Å². The van der Waals surface area contributed by atoms with E-state index in [4.69, 9.17) is 5.73 Å². The minimum Gasteiger partial charge on any atom is -0.359 e. The summed E-state index contributed by atoms with van der Waals surface area (Å²) < 4.78 is 0. The van der Waals surface area contributed by atoms with Gasteiger partial charge in [-0.15, -0.1) is 0 Å². The number of amides is 1. The Morgan fingerprint density at radius 2 is 1.64 bits per heavy atom. The summed E-state index contributed by atoms with van der Waals surface area (Å²) in [5.41, 5.74) is 5.17. The molecule has 0 spiro atoms. The van der Waals surface area contributed by atoms with Gasteiger partial charge < -0.3 is 11.1 Å². The number of carbonyl (C=O) groups is 2. The fourth-order valence-corrected chi connectivity index (χ4v) is 1.19. The number of unbranched alkanes of at least 4 members (excludes halogenated alkanes) is 3. The van der Waals surface area contributed by atoms with Gasteiger partial charge in [0.2, 0.25) is 5.91 Å². The van der Waals surface area contributed by atoms with Crippen molar-refractivity contribution in [3.63, 3.8) is 0 Å². The fraction of sp³-hybridized carbons (Fsp3) is 0.800. The molecule has 0 saturated carbocycles. The Morgan fingerprint density at radius 1 is 1.07 bits per heavy atom.